The van der Waals surface area contributed by atoms with Gasteiger partial charge in [-0.1, -0.05) is 17.3 Å². The van der Waals surface area contributed by atoms with E-state index in [9.17, 15) is 9.59 Å². The van der Waals surface area contributed by atoms with Crippen LogP contribution in [0.2, 0.25) is 0 Å². The fourth-order valence-electron chi connectivity index (χ4n) is 1.60. The van der Waals surface area contributed by atoms with Gasteiger partial charge in [0.1, 0.15) is 0 Å². The van der Waals surface area contributed by atoms with Gasteiger partial charge in [-0.05, 0) is 12.1 Å². The molecule has 2 aromatic rings. The highest BCUT2D eigenvalue weighted by atomic mass is 16.5. The van der Waals surface area contributed by atoms with Gasteiger partial charge in [-0.25, -0.2) is 9.59 Å². The maximum atomic E-state index is 11.9. The molecule has 0 bridgehead atoms. The monoisotopic (exact) mass is 276 g/mol. The van der Waals surface area contributed by atoms with Crippen molar-refractivity contribution in [2.24, 2.45) is 0 Å². The lowest BCUT2D eigenvalue weighted by molar-refractivity contribution is 0.0697. The number of nitrogens with zero attached hydrogens (tertiary/aromatic N) is 3. The Morgan fingerprint density at radius 2 is 2.15 bits per heavy atom. The molecule has 8 nitrogen and oxygen atoms in total. The van der Waals surface area contributed by atoms with Crippen LogP contribution in [0.4, 0.5) is 10.5 Å². The summed E-state index contributed by atoms with van der Waals surface area (Å²) >= 11 is 0. The molecule has 0 radical (unpaired) electrons. The molecule has 0 fully saturated rings. The molecule has 8 heteroatoms. The number of benzene rings is 1. The first kappa shape index (κ1) is 13.5. The van der Waals surface area contributed by atoms with Crippen LogP contribution in [0.3, 0.4) is 0 Å². The maximum Gasteiger partial charge on any atom is 0.337 e. The Bertz CT molecular complexity index is 612. The minimum atomic E-state index is -1.10. The van der Waals surface area contributed by atoms with Crippen LogP contribution in [0, 0.1) is 0 Å². The molecule has 20 heavy (non-hydrogen) atoms. The summed E-state index contributed by atoms with van der Waals surface area (Å²) in [4.78, 5) is 28.0. The molecule has 1 heterocycles. The van der Waals surface area contributed by atoms with E-state index in [1.54, 1.807) is 18.2 Å². The summed E-state index contributed by atoms with van der Waals surface area (Å²) in [5.41, 5.74) is 0.343. The van der Waals surface area contributed by atoms with Crippen LogP contribution in [-0.2, 0) is 6.54 Å². The summed E-state index contributed by atoms with van der Waals surface area (Å²) in [6.45, 7) is 0.0922. The van der Waals surface area contributed by atoms with Gasteiger partial charge in [0.05, 0.1) is 17.8 Å². The quantitative estimate of drug-likeness (QED) is 0.866. The molecule has 104 valence electrons. The number of hydrogen-bond donors (Lipinski definition) is 2. The van der Waals surface area contributed by atoms with Crippen molar-refractivity contribution in [3.8, 4) is 0 Å². The summed E-state index contributed by atoms with van der Waals surface area (Å²) in [5, 5.41) is 15.2. The highest BCUT2D eigenvalue weighted by Gasteiger charge is 2.17. The fraction of sp³-hybridized carbons (Fsp3) is 0.167. The Morgan fingerprint density at radius 1 is 1.40 bits per heavy atom. The van der Waals surface area contributed by atoms with Crippen molar-refractivity contribution < 1.29 is 19.2 Å². The lowest BCUT2D eigenvalue weighted by atomic mass is 10.1. The van der Waals surface area contributed by atoms with E-state index in [0.717, 1.165) is 6.39 Å². The number of aromatic nitrogens is 2. The van der Waals surface area contributed by atoms with E-state index < -0.39 is 12.0 Å². The van der Waals surface area contributed by atoms with Crippen molar-refractivity contribution in [2.45, 2.75) is 6.54 Å². The number of urea groups is 1. The topological polar surface area (TPSA) is 109 Å². The average Bonchev–Trinajstić information content (AvgIpc) is 2.97. The van der Waals surface area contributed by atoms with Gasteiger partial charge in [0.25, 0.3) is 0 Å². The van der Waals surface area contributed by atoms with E-state index in [-0.39, 0.29) is 12.1 Å². The first-order chi connectivity index (χ1) is 9.59. The Balaban J connectivity index is 2.08. The molecule has 2 N–H and O–H groups in total. The first-order valence-corrected chi connectivity index (χ1v) is 5.68. The zero-order valence-electron chi connectivity index (χ0n) is 10.6. The predicted octanol–water partition coefficient (Wildman–Crippen LogP) is 1.11. The number of carbonyl (C=O) groups is 2. The number of nitrogens with one attached hydrogen (secondary N) is 1. The molecule has 0 saturated heterocycles. The number of carboxylic acid groups (broad SMARTS) is 1. The number of para-hydroxylation sites is 1. The zero-order valence-corrected chi connectivity index (χ0v) is 10.6. The van der Waals surface area contributed by atoms with Crippen LogP contribution in [-0.4, -0.2) is 34.3 Å². The Hall–Kier alpha value is -2.90. The van der Waals surface area contributed by atoms with Gasteiger partial charge in [0, 0.05) is 7.05 Å². The number of carbonyl (C=O) groups excluding carboxylic acids is 1. The third kappa shape index (κ3) is 2.91. The number of anilines is 1. The molecule has 0 aliphatic carbocycles. The van der Waals surface area contributed by atoms with Crippen molar-refractivity contribution in [3.63, 3.8) is 0 Å². The number of rotatable bonds is 4. The molecule has 1 aromatic heterocycles. The lowest BCUT2D eigenvalue weighted by Crippen LogP contribution is -2.37. The molecule has 0 spiro atoms. The molecule has 0 saturated carbocycles. The van der Waals surface area contributed by atoms with Gasteiger partial charge in [-0.15, -0.1) is 0 Å². The third-order valence-corrected chi connectivity index (χ3v) is 2.61. The maximum absolute atomic E-state index is 11.9. The van der Waals surface area contributed by atoms with Gasteiger partial charge >= 0.3 is 12.0 Å². The van der Waals surface area contributed by atoms with E-state index in [1.165, 1.54) is 18.0 Å². The number of carboxylic acids is 1. The molecule has 2 rings (SSSR count). The Labute approximate surface area is 114 Å². The van der Waals surface area contributed by atoms with Crippen LogP contribution < -0.4 is 10.2 Å². The molecule has 0 aliphatic rings. The molecule has 2 amide bonds. The molecule has 0 aliphatic heterocycles. The summed E-state index contributed by atoms with van der Waals surface area (Å²) in [5.74, 6) is -0.767. The van der Waals surface area contributed by atoms with Gasteiger partial charge < -0.3 is 14.9 Å². The fourth-order valence-corrected chi connectivity index (χ4v) is 1.60. The minimum Gasteiger partial charge on any atom is -0.478 e. The van der Waals surface area contributed by atoms with Crippen LogP contribution in [0.1, 0.15) is 16.2 Å². The largest absolute Gasteiger partial charge is 0.478 e. The number of hydrogen-bond acceptors (Lipinski definition) is 5. The molecule has 0 atom stereocenters. The van der Waals surface area contributed by atoms with Crippen LogP contribution >= 0.6 is 0 Å². The Morgan fingerprint density at radius 3 is 2.80 bits per heavy atom. The van der Waals surface area contributed by atoms with Gasteiger partial charge in [-0.2, -0.15) is 4.98 Å². The SMILES string of the molecule is CN(C(=O)NCc1ncon1)c1ccccc1C(=O)O. The molecule has 0 unspecified atom stereocenters. The average molecular weight is 276 g/mol. The van der Waals surface area contributed by atoms with Gasteiger partial charge in [0.15, 0.2) is 5.82 Å². The number of aromatic carboxylic acids is 1. The smallest absolute Gasteiger partial charge is 0.337 e. The normalized spacial score (nSPS) is 10.1. The van der Waals surface area contributed by atoms with E-state index >= 15 is 0 Å². The summed E-state index contributed by atoms with van der Waals surface area (Å²) in [6.07, 6.45) is 1.16. The lowest BCUT2D eigenvalue weighted by Gasteiger charge is -2.19. The van der Waals surface area contributed by atoms with Crippen molar-refractivity contribution in [1.29, 1.82) is 0 Å². The van der Waals surface area contributed by atoms with Crippen molar-refractivity contribution >= 4 is 17.7 Å². The predicted molar refractivity (Wildman–Crippen MR) is 68.3 cm³/mol. The highest BCUT2D eigenvalue weighted by Crippen LogP contribution is 2.19. The van der Waals surface area contributed by atoms with E-state index in [0.29, 0.717) is 11.5 Å². The summed E-state index contributed by atoms with van der Waals surface area (Å²) in [7, 11) is 1.48. The highest BCUT2D eigenvalue weighted by molar-refractivity contribution is 6.01. The Kier molecular flexibility index (Phi) is 3.94. The molecule has 1 aromatic carbocycles. The molecular formula is C12H12N4O4. The second-order valence-electron chi connectivity index (χ2n) is 3.89. The van der Waals surface area contributed by atoms with E-state index in [2.05, 4.69) is 20.0 Å². The first-order valence-electron chi connectivity index (χ1n) is 5.68. The number of amides is 2. The van der Waals surface area contributed by atoms with Crippen LogP contribution in [0.5, 0.6) is 0 Å². The van der Waals surface area contributed by atoms with Crippen molar-refractivity contribution in [1.82, 2.24) is 15.5 Å². The standard InChI is InChI=1S/C12H12N4O4/c1-16(9-5-3-2-4-8(9)11(17)18)12(19)13-6-10-14-7-20-15-10/h2-5,7H,6H2,1H3,(H,13,19)(H,17,18). The van der Waals surface area contributed by atoms with Gasteiger partial charge in [-0.3, -0.25) is 4.90 Å². The minimum absolute atomic E-state index is 0.0460. The zero-order chi connectivity index (χ0) is 14.5. The second-order valence-corrected chi connectivity index (χ2v) is 3.89. The second kappa shape index (κ2) is 5.83. The molecular weight excluding hydrogens is 264 g/mol. The van der Waals surface area contributed by atoms with Gasteiger partial charge in [0.2, 0.25) is 6.39 Å². The van der Waals surface area contributed by atoms with Crippen LogP contribution in [0.25, 0.3) is 0 Å². The van der Waals surface area contributed by atoms with Crippen LogP contribution in [0.15, 0.2) is 35.2 Å². The van der Waals surface area contributed by atoms with E-state index in [4.69, 9.17) is 5.11 Å². The summed E-state index contributed by atoms with van der Waals surface area (Å²) < 4.78 is 4.54. The third-order valence-electron chi connectivity index (χ3n) is 2.61. The summed E-state index contributed by atoms with van der Waals surface area (Å²) in [6, 6.07) is 5.77. The van der Waals surface area contributed by atoms with Crippen molar-refractivity contribution in [2.75, 3.05) is 11.9 Å². The van der Waals surface area contributed by atoms with Crippen molar-refractivity contribution in [3.05, 3.63) is 42.0 Å². The van der Waals surface area contributed by atoms with E-state index in [1.807, 2.05) is 0 Å².